The normalized spacial score (nSPS) is 20.0. The molecule has 4 rings (SSSR count). The molecule has 2 aromatic carbocycles. The first-order chi connectivity index (χ1) is 14.4. The van der Waals surface area contributed by atoms with Crippen LogP contribution in [0.4, 0.5) is 17.1 Å². The van der Waals surface area contributed by atoms with Gasteiger partial charge in [0.1, 0.15) is 0 Å². The highest BCUT2D eigenvalue weighted by atomic mass is 35.5. The second-order valence-corrected chi connectivity index (χ2v) is 8.87. The van der Waals surface area contributed by atoms with Gasteiger partial charge in [0.05, 0.1) is 17.3 Å². The van der Waals surface area contributed by atoms with Crippen LogP contribution < -0.4 is 15.1 Å². The predicted molar refractivity (Wildman–Crippen MR) is 122 cm³/mol. The summed E-state index contributed by atoms with van der Waals surface area (Å²) in [5.74, 6) is 0.209. The maximum Gasteiger partial charge on any atom is 0.229 e. The van der Waals surface area contributed by atoms with Gasteiger partial charge in [-0.1, -0.05) is 36.7 Å². The number of amides is 2. The minimum atomic E-state index is -0.384. The van der Waals surface area contributed by atoms with Gasteiger partial charge in [-0.25, -0.2) is 0 Å². The molecule has 2 aliphatic rings. The second-order valence-electron chi connectivity index (χ2n) is 8.47. The zero-order valence-corrected chi connectivity index (χ0v) is 18.3. The van der Waals surface area contributed by atoms with E-state index in [9.17, 15) is 9.59 Å². The minimum Gasteiger partial charge on any atom is -0.370 e. The molecule has 0 saturated carbocycles. The van der Waals surface area contributed by atoms with Crippen molar-refractivity contribution in [2.75, 3.05) is 34.8 Å². The van der Waals surface area contributed by atoms with Crippen LogP contribution in [0.15, 0.2) is 42.5 Å². The SMILES string of the molecule is Cc1c(Cl)cccc1N1C[C@H](C(=O)Nc2ccccc2N2CCC(C)CC2)CC1=O. The van der Waals surface area contributed by atoms with Crippen molar-refractivity contribution in [2.45, 2.75) is 33.1 Å². The molecule has 2 aliphatic heterocycles. The molecule has 6 heteroatoms. The van der Waals surface area contributed by atoms with E-state index in [1.807, 2.05) is 43.3 Å². The molecule has 158 valence electrons. The molecular weight excluding hydrogens is 398 g/mol. The van der Waals surface area contributed by atoms with Gasteiger partial charge in [0, 0.05) is 36.8 Å². The first-order valence-corrected chi connectivity index (χ1v) is 11.0. The van der Waals surface area contributed by atoms with E-state index in [0.29, 0.717) is 11.6 Å². The maximum absolute atomic E-state index is 13.0. The predicted octanol–water partition coefficient (Wildman–Crippen LogP) is 4.88. The number of halogens is 1. The fraction of sp³-hybridized carbons (Fsp3) is 0.417. The first kappa shape index (κ1) is 20.7. The molecule has 2 heterocycles. The van der Waals surface area contributed by atoms with E-state index < -0.39 is 0 Å². The summed E-state index contributed by atoms with van der Waals surface area (Å²) in [6.45, 7) is 6.55. The van der Waals surface area contributed by atoms with Crippen molar-refractivity contribution in [3.63, 3.8) is 0 Å². The summed E-state index contributed by atoms with van der Waals surface area (Å²) in [6, 6.07) is 13.5. The summed E-state index contributed by atoms with van der Waals surface area (Å²) in [6.07, 6.45) is 2.53. The summed E-state index contributed by atoms with van der Waals surface area (Å²) < 4.78 is 0. The van der Waals surface area contributed by atoms with Gasteiger partial charge in [-0.2, -0.15) is 0 Å². The number of hydrogen-bond acceptors (Lipinski definition) is 3. The van der Waals surface area contributed by atoms with Crippen LogP contribution in [0.2, 0.25) is 5.02 Å². The number of anilines is 3. The fourth-order valence-corrected chi connectivity index (χ4v) is 4.51. The molecule has 0 aromatic heterocycles. The average Bonchev–Trinajstić information content (AvgIpc) is 3.13. The lowest BCUT2D eigenvalue weighted by atomic mass is 9.98. The van der Waals surface area contributed by atoms with Crippen molar-refractivity contribution in [3.05, 3.63) is 53.1 Å². The van der Waals surface area contributed by atoms with E-state index in [1.165, 1.54) is 0 Å². The molecule has 0 spiro atoms. The minimum absolute atomic E-state index is 0.0428. The summed E-state index contributed by atoms with van der Waals surface area (Å²) in [7, 11) is 0. The zero-order chi connectivity index (χ0) is 21.3. The number of carbonyl (C=O) groups excluding carboxylic acids is 2. The Morgan fingerprint density at radius 3 is 2.53 bits per heavy atom. The standard InChI is InChI=1S/C24H28ClN3O2/c1-16-10-12-27(13-11-16)22-8-4-3-7-20(22)26-24(30)18-14-23(29)28(15-18)21-9-5-6-19(25)17(21)2/h3-9,16,18H,10-15H2,1-2H3,(H,26,30)/t18-/m1/s1. The highest BCUT2D eigenvalue weighted by Gasteiger charge is 2.36. The number of rotatable bonds is 4. The molecule has 1 N–H and O–H groups in total. The molecule has 0 radical (unpaired) electrons. The summed E-state index contributed by atoms with van der Waals surface area (Å²) >= 11 is 6.22. The Morgan fingerprint density at radius 1 is 1.07 bits per heavy atom. The van der Waals surface area contributed by atoms with Gasteiger partial charge in [0.25, 0.3) is 0 Å². The van der Waals surface area contributed by atoms with Gasteiger partial charge in [0.2, 0.25) is 11.8 Å². The van der Waals surface area contributed by atoms with Crippen LogP contribution in [0, 0.1) is 18.8 Å². The molecule has 5 nitrogen and oxygen atoms in total. The van der Waals surface area contributed by atoms with Crippen molar-refractivity contribution >= 4 is 40.5 Å². The third-order valence-corrected chi connectivity index (χ3v) is 6.72. The Bertz CT molecular complexity index is 953. The zero-order valence-electron chi connectivity index (χ0n) is 17.5. The average molecular weight is 426 g/mol. The molecule has 0 bridgehead atoms. The Morgan fingerprint density at radius 2 is 1.77 bits per heavy atom. The molecule has 1 atom stereocenters. The van der Waals surface area contributed by atoms with Gasteiger partial charge in [-0.3, -0.25) is 9.59 Å². The van der Waals surface area contributed by atoms with Gasteiger partial charge < -0.3 is 15.1 Å². The van der Waals surface area contributed by atoms with Crippen LogP contribution >= 0.6 is 11.6 Å². The summed E-state index contributed by atoms with van der Waals surface area (Å²) in [4.78, 5) is 29.7. The Hall–Kier alpha value is -2.53. The van der Waals surface area contributed by atoms with Crippen molar-refractivity contribution in [1.82, 2.24) is 0 Å². The number of piperidine rings is 1. The fourth-order valence-electron chi connectivity index (χ4n) is 4.34. The van der Waals surface area contributed by atoms with Crippen LogP contribution in [0.3, 0.4) is 0 Å². The third-order valence-electron chi connectivity index (χ3n) is 6.31. The van der Waals surface area contributed by atoms with E-state index >= 15 is 0 Å². The lowest BCUT2D eigenvalue weighted by Gasteiger charge is -2.33. The van der Waals surface area contributed by atoms with Crippen molar-refractivity contribution in [3.8, 4) is 0 Å². The second kappa shape index (κ2) is 8.68. The largest absolute Gasteiger partial charge is 0.370 e. The van der Waals surface area contributed by atoms with Crippen LogP contribution in [0.25, 0.3) is 0 Å². The number of carbonyl (C=O) groups is 2. The Labute approximate surface area is 183 Å². The van der Waals surface area contributed by atoms with Crippen LogP contribution in [-0.2, 0) is 9.59 Å². The van der Waals surface area contributed by atoms with Crippen molar-refractivity contribution in [1.29, 1.82) is 0 Å². The molecule has 0 unspecified atom stereocenters. The summed E-state index contributed by atoms with van der Waals surface area (Å²) in [5, 5.41) is 3.72. The van der Waals surface area contributed by atoms with Crippen molar-refractivity contribution in [2.24, 2.45) is 11.8 Å². The number of para-hydroxylation sites is 2. The Balaban J connectivity index is 1.48. The highest BCUT2D eigenvalue weighted by molar-refractivity contribution is 6.31. The lowest BCUT2D eigenvalue weighted by Crippen LogP contribution is -2.34. The van der Waals surface area contributed by atoms with E-state index in [-0.39, 0.29) is 24.2 Å². The number of nitrogens with one attached hydrogen (secondary N) is 1. The smallest absolute Gasteiger partial charge is 0.229 e. The van der Waals surface area contributed by atoms with Gasteiger partial charge in [-0.15, -0.1) is 0 Å². The monoisotopic (exact) mass is 425 g/mol. The van der Waals surface area contributed by atoms with Gasteiger partial charge >= 0.3 is 0 Å². The van der Waals surface area contributed by atoms with E-state index in [0.717, 1.165) is 54.5 Å². The van der Waals surface area contributed by atoms with Crippen LogP contribution in [0.5, 0.6) is 0 Å². The van der Waals surface area contributed by atoms with Gasteiger partial charge in [-0.05, 0) is 55.5 Å². The van der Waals surface area contributed by atoms with E-state index in [1.54, 1.807) is 4.90 Å². The topological polar surface area (TPSA) is 52.7 Å². The lowest BCUT2D eigenvalue weighted by molar-refractivity contribution is -0.122. The number of hydrogen-bond donors (Lipinski definition) is 1. The summed E-state index contributed by atoms with van der Waals surface area (Å²) in [5.41, 5.74) is 3.52. The third kappa shape index (κ3) is 4.17. The van der Waals surface area contributed by atoms with Crippen molar-refractivity contribution < 1.29 is 9.59 Å². The maximum atomic E-state index is 13.0. The number of nitrogens with zero attached hydrogens (tertiary/aromatic N) is 2. The van der Waals surface area contributed by atoms with Crippen LogP contribution in [-0.4, -0.2) is 31.4 Å². The molecule has 2 amide bonds. The molecule has 2 saturated heterocycles. The number of benzene rings is 2. The van der Waals surface area contributed by atoms with Crippen LogP contribution in [0.1, 0.15) is 31.7 Å². The first-order valence-electron chi connectivity index (χ1n) is 10.6. The van der Waals surface area contributed by atoms with E-state index in [4.69, 9.17) is 11.6 Å². The molecular formula is C24H28ClN3O2. The van der Waals surface area contributed by atoms with E-state index in [2.05, 4.69) is 23.2 Å². The highest BCUT2D eigenvalue weighted by Crippen LogP contribution is 2.33. The molecule has 2 aromatic rings. The molecule has 2 fully saturated rings. The Kier molecular flexibility index (Phi) is 6.00. The van der Waals surface area contributed by atoms with Gasteiger partial charge in [0.15, 0.2) is 0 Å². The quantitative estimate of drug-likeness (QED) is 0.759. The molecule has 30 heavy (non-hydrogen) atoms. The molecule has 0 aliphatic carbocycles.